The van der Waals surface area contributed by atoms with E-state index in [1.807, 2.05) is 4.90 Å². The van der Waals surface area contributed by atoms with E-state index < -0.39 is 0 Å². The summed E-state index contributed by atoms with van der Waals surface area (Å²) in [5.41, 5.74) is 5.85. The molecule has 0 radical (unpaired) electrons. The molecule has 0 aromatic rings. The number of hydrogen-bond acceptors (Lipinski definition) is 3. The highest BCUT2D eigenvalue weighted by Crippen LogP contribution is 2.27. The van der Waals surface area contributed by atoms with Crippen molar-refractivity contribution in [3.63, 3.8) is 0 Å². The number of amides is 1. The topological polar surface area (TPSA) is 55.6 Å². The molecule has 4 heteroatoms. The number of nitrogens with zero attached hydrogens (tertiary/aromatic N) is 1. The minimum atomic E-state index is 0.189. The molecule has 1 amide bonds. The van der Waals surface area contributed by atoms with Crippen LogP contribution in [0.15, 0.2) is 0 Å². The number of rotatable bonds is 2. The number of likely N-dealkylation sites (tertiary alicyclic amines) is 1. The second kappa shape index (κ2) is 5.15. The molecule has 2 rings (SSSR count). The fraction of sp³-hybridized carbons (Fsp3) is 0.917. The molecule has 2 aliphatic rings. The Balaban J connectivity index is 1.82. The van der Waals surface area contributed by atoms with E-state index in [1.165, 1.54) is 0 Å². The molecule has 0 bridgehead atoms. The summed E-state index contributed by atoms with van der Waals surface area (Å²) in [6.45, 7) is 1.70. The maximum absolute atomic E-state index is 12.2. The Hall–Kier alpha value is -0.610. The molecule has 2 fully saturated rings. The lowest BCUT2D eigenvalue weighted by Gasteiger charge is -2.32. The predicted molar refractivity (Wildman–Crippen MR) is 61.9 cm³/mol. The zero-order valence-corrected chi connectivity index (χ0v) is 10.0. The number of hydrogen-bond donors (Lipinski definition) is 1. The minimum absolute atomic E-state index is 0.189. The Kier molecular flexibility index (Phi) is 3.82. The Morgan fingerprint density at radius 1 is 1.25 bits per heavy atom. The lowest BCUT2D eigenvalue weighted by Crippen LogP contribution is -2.43. The van der Waals surface area contributed by atoms with Gasteiger partial charge in [0.25, 0.3) is 0 Å². The van der Waals surface area contributed by atoms with E-state index in [2.05, 4.69) is 0 Å². The molecule has 92 valence electrons. The second-order valence-electron chi connectivity index (χ2n) is 5.03. The van der Waals surface area contributed by atoms with E-state index in [0.717, 1.165) is 45.2 Å². The molecule has 0 spiro atoms. The van der Waals surface area contributed by atoms with Gasteiger partial charge in [0.2, 0.25) is 5.91 Å². The lowest BCUT2D eigenvalue weighted by molar-refractivity contribution is -0.137. The summed E-state index contributed by atoms with van der Waals surface area (Å²) in [4.78, 5) is 14.2. The molecule has 2 unspecified atom stereocenters. The number of nitrogens with two attached hydrogens (primary N) is 1. The van der Waals surface area contributed by atoms with E-state index in [4.69, 9.17) is 10.5 Å². The van der Waals surface area contributed by atoms with Crippen molar-refractivity contribution < 1.29 is 9.53 Å². The Bertz CT molecular complexity index is 249. The monoisotopic (exact) mass is 226 g/mol. The molecule has 1 aliphatic heterocycles. The molecule has 0 aromatic heterocycles. The normalized spacial score (nSPS) is 32.0. The van der Waals surface area contributed by atoms with Crippen LogP contribution in [0.1, 0.15) is 32.1 Å². The zero-order chi connectivity index (χ0) is 11.5. The number of ether oxygens (including phenoxy) is 1. The number of carbonyl (C=O) groups excluding carboxylic acids is 1. The van der Waals surface area contributed by atoms with E-state index in [-0.39, 0.29) is 12.0 Å². The van der Waals surface area contributed by atoms with Crippen molar-refractivity contribution in [1.82, 2.24) is 4.90 Å². The van der Waals surface area contributed by atoms with Gasteiger partial charge in [-0.05, 0) is 32.1 Å². The Morgan fingerprint density at radius 2 is 1.94 bits per heavy atom. The molecule has 1 heterocycles. The SMILES string of the molecule is COC1CCN(C(=O)C2CCC(N)C2)CC1. The number of piperidine rings is 1. The van der Waals surface area contributed by atoms with Crippen LogP contribution in [0.5, 0.6) is 0 Å². The Labute approximate surface area is 97.1 Å². The fourth-order valence-corrected chi connectivity index (χ4v) is 2.81. The first-order valence-electron chi connectivity index (χ1n) is 6.28. The first kappa shape index (κ1) is 11.9. The third-order valence-corrected chi connectivity index (χ3v) is 3.91. The summed E-state index contributed by atoms with van der Waals surface area (Å²) in [5, 5.41) is 0. The van der Waals surface area contributed by atoms with Gasteiger partial charge in [-0.1, -0.05) is 0 Å². The van der Waals surface area contributed by atoms with Crippen LogP contribution in [0.2, 0.25) is 0 Å². The van der Waals surface area contributed by atoms with Crippen molar-refractivity contribution in [2.45, 2.75) is 44.2 Å². The van der Waals surface area contributed by atoms with Gasteiger partial charge < -0.3 is 15.4 Å². The van der Waals surface area contributed by atoms with E-state index in [0.29, 0.717) is 12.0 Å². The molecule has 4 nitrogen and oxygen atoms in total. The van der Waals surface area contributed by atoms with Crippen LogP contribution >= 0.6 is 0 Å². The van der Waals surface area contributed by atoms with Gasteiger partial charge in [0, 0.05) is 32.2 Å². The lowest BCUT2D eigenvalue weighted by atomic mass is 10.0. The molecule has 0 aromatic carbocycles. The third-order valence-electron chi connectivity index (χ3n) is 3.91. The van der Waals surface area contributed by atoms with Crippen molar-refractivity contribution in [1.29, 1.82) is 0 Å². The molecular weight excluding hydrogens is 204 g/mol. The highest BCUT2D eigenvalue weighted by atomic mass is 16.5. The summed E-state index contributed by atoms with van der Waals surface area (Å²) >= 11 is 0. The molecule has 1 saturated heterocycles. The van der Waals surface area contributed by atoms with Crippen LogP contribution in [-0.4, -0.2) is 43.2 Å². The summed E-state index contributed by atoms with van der Waals surface area (Å²) in [5.74, 6) is 0.511. The van der Waals surface area contributed by atoms with Gasteiger partial charge in [0.1, 0.15) is 0 Å². The van der Waals surface area contributed by atoms with Crippen molar-refractivity contribution in [3.8, 4) is 0 Å². The number of methoxy groups -OCH3 is 1. The molecule has 2 atom stereocenters. The van der Waals surface area contributed by atoms with Gasteiger partial charge in [0.15, 0.2) is 0 Å². The van der Waals surface area contributed by atoms with Gasteiger partial charge in [-0.2, -0.15) is 0 Å². The Morgan fingerprint density at radius 3 is 2.44 bits per heavy atom. The van der Waals surface area contributed by atoms with Gasteiger partial charge in [-0.25, -0.2) is 0 Å². The second-order valence-corrected chi connectivity index (χ2v) is 5.03. The first-order valence-corrected chi connectivity index (χ1v) is 6.28. The molecule has 1 saturated carbocycles. The molecule has 1 aliphatic carbocycles. The van der Waals surface area contributed by atoms with Crippen LogP contribution in [0.25, 0.3) is 0 Å². The maximum atomic E-state index is 12.2. The maximum Gasteiger partial charge on any atom is 0.225 e. The van der Waals surface area contributed by atoms with Gasteiger partial charge in [0.05, 0.1) is 6.10 Å². The van der Waals surface area contributed by atoms with Crippen molar-refractivity contribution >= 4 is 5.91 Å². The van der Waals surface area contributed by atoms with E-state index in [1.54, 1.807) is 7.11 Å². The van der Waals surface area contributed by atoms with Crippen LogP contribution in [-0.2, 0) is 9.53 Å². The van der Waals surface area contributed by atoms with E-state index >= 15 is 0 Å². The highest BCUT2D eigenvalue weighted by molar-refractivity contribution is 5.79. The van der Waals surface area contributed by atoms with Crippen LogP contribution in [0, 0.1) is 5.92 Å². The van der Waals surface area contributed by atoms with Crippen molar-refractivity contribution in [2.75, 3.05) is 20.2 Å². The molecular formula is C12H22N2O2. The van der Waals surface area contributed by atoms with Gasteiger partial charge in [-0.15, -0.1) is 0 Å². The quantitative estimate of drug-likeness (QED) is 0.756. The van der Waals surface area contributed by atoms with Gasteiger partial charge in [-0.3, -0.25) is 4.79 Å². The highest BCUT2D eigenvalue weighted by Gasteiger charge is 2.32. The molecule has 16 heavy (non-hydrogen) atoms. The fourth-order valence-electron chi connectivity index (χ4n) is 2.81. The average Bonchev–Trinajstić information content (AvgIpc) is 2.75. The van der Waals surface area contributed by atoms with Crippen LogP contribution in [0.4, 0.5) is 0 Å². The summed E-state index contributed by atoms with van der Waals surface area (Å²) in [7, 11) is 1.75. The van der Waals surface area contributed by atoms with Crippen LogP contribution in [0.3, 0.4) is 0 Å². The third kappa shape index (κ3) is 2.55. The summed E-state index contributed by atoms with van der Waals surface area (Å²) in [6.07, 6.45) is 5.15. The van der Waals surface area contributed by atoms with Gasteiger partial charge >= 0.3 is 0 Å². The summed E-state index contributed by atoms with van der Waals surface area (Å²) < 4.78 is 5.30. The smallest absolute Gasteiger partial charge is 0.225 e. The standard InChI is InChI=1S/C12H22N2O2/c1-16-11-4-6-14(7-5-11)12(15)9-2-3-10(13)8-9/h9-11H,2-8,13H2,1H3. The van der Waals surface area contributed by atoms with Crippen molar-refractivity contribution in [2.24, 2.45) is 11.7 Å². The largest absolute Gasteiger partial charge is 0.381 e. The number of carbonyl (C=O) groups is 1. The van der Waals surface area contributed by atoms with Crippen LogP contribution < -0.4 is 5.73 Å². The summed E-state index contributed by atoms with van der Waals surface area (Å²) in [6, 6.07) is 0.241. The average molecular weight is 226 g/mol. The zero-order valence-electron chi connectivity index (χ0n) is 10.0. The first-order chi connectivity index (χ1) is 7.70. The molecule has 2 N–H and O–H groups in total. The minimum Gasteiger partial charge on any atom is -0.381 e. The predicted octanol–water partition coefficient (Wildman–Crippen LogP) is 0.751. The van der Waals surface area contributed by atoms with E-state index in [9.17, 15) is 4.79 Å². The van der Waals surface area contributed by atoms with Crippen molar-refractivity contribution in [3.05, 3.63) is 0 Å².